The van der Waals surface area contributed by atoms with Gasteiger partial charge in [-0.3, -0.25) is 10.1 Å². The standard InChI is InChI=1S/C23H15F3N2O6/c1-13-5-6-15(11-20(13)28(31)32)27-19-8-7-17(9-14(19)10-21(27)22(29)30)33-16-3-2-4-18(12-16)34-23(24,25)26/h2-12H,1H3,(H,29,30). The minimum atomic E-state index is -4.85. The summed E-state index contributed by atoms with van der Waals surface area (Å²) in [6, 6.07) is 15.3. The number of nitro groups is 1. The Hall–Kier alpha value is -4.54. The normalized spacial score (nSPS) is 11.4. The van der Waals surface area contributed by atoms with Crippen molar-refractivity contribution in [3.63, 3.8) is 0 Å². The Morgan fingerprint density at radius 1 is 1.00 bits per heavy atom. The van der Waals surface area contributed by atoms with Crippen molar-refractivity contribution >= 4 is 22.6 Å². The maximum atomic E-state index is 12.5. The Kier molecular flexibility index (Phi) is 5.61. The second-order valence-electron chi connectivity index (χ2n) is 7.24. The molecule has 0 aliphatic rings. The summed E-state index contributed by atoms with van der Waals surface area (Å²) in [4.78, 5) is 22.7. The van der Waals surface area contributed by atoms with Crippen LogP contribution in [0.15, 0.2) is 66.7 Å². The summed E-state index contributed by atoms with van der Waals surface area (Å²) in [5, 5.41) is 21.5. The monoisotopic (exact) mass is 472 g/mol. The molecular formula is C23H15F3N2O6. The number of carboxylic acids is 1. The zero-order valence-corrected chi connectivity index (χ0v) is 17.4. The van der Waals surface area contributed by atoms with E-state index in [0.29, 0.717) is 16.5 Å². The van der Waals surface area contributed by atoms with Crippen LogP contribution in [0.5, 0.6) is 17.2 Å². The van der Waals surface area contributed by atoms with Gasteiger partial charge in [0.15, 0.2) is 0 Å². The number of hydrogen-bond donors (Lipinski definition) is 1. The minimum Gasteiger partial charge on any atom is -0.477 e. The van der Waals surface area contributed by atoms with Crippen LogP contribution in [0.4, 0.5) is 18.9 Å². The predicted molar refractivity (Wildman–Crippen MR) is 115 cm³/mol. The number of ether oxygens (including phenoxy) is 2. The molecule has 0 spiro atoms. The number of aromatic carboxylic acids is 1. The number of rotatable bonds is 6. The number of hydrogen-bond acceptors (Lipinski definition) is 5. The Bertz CT molecular complexity index is 1430. The summed E-state index contributed by atoms with van der Waals surface area (Å²) in [6.45, 7) is 1.58. The first-order chi connectivity index (χ1) is 16.0. The highest BCUT2D eigenvalue weighted by molar-refractivity contribution is 5.96. The fraction of sp³-hybridized carbons (Fsp3) is 0.0870. The van der Waals surface area contributed by atoms with Crippen LogP contribution in [0, 0.1) is 17.0 Å². The van der Waals surface area contributed by atoms with Crippen LogP contribution in [0.3, 0.4) is 0 Å². The molecule has 1 aromatic heterocycles. The average molecular weight is 472 g/mol. The van der Waals surface area contributed by atoms with Crippen molar-refractivity contribution in [2.45, 2.75) is 13.3 Å². The van der Waals surface area contributed by atoms with E-state index in [1.165, 1.54) is 47.0 Å². The van der Waals surface area contributed by atoms with Gasteiger partial charge in [-0.05, 0) is 49.4 Å². The largest absolute Gasteiger partial charge is 0.573 e. The molecule has 8 nitrogen and oxygen atoms in total. The second-order valence-corrected chi connectivity index (χ2v) is 7.24. The molecule has 34 heavy (non-hydrogen) atoms. The third kappa shape index (κ3) is 4.63. The lowest BCUT2D eigenvalue weighted by molar-refractivity contribution is -0.385. The Labute approximate surface area is 189 Å². The number of carbonyl (C=O) groups is 1. The number of nitrogens with zero attached hydrogens (tertiary/aromatic N) is 2. The number of fused-ring (bicyclic) bond motifs is 1. The van der Waals surface area contributed by atoms with Gasteiger partial charge in [-0.1, -0.05) is 12.1 Å². The van der Waals surface area contributed by atoms with Crippen molar-refractivity contribution in [1.82, 2.24) is 4.57 Å². The number of benzene rings is 3. The van der Waals surface area contributed by atoms with Crippen LogP contribution in [0.2, 0.25) is 0 Å². The van der Waals surface area contributed by atoms with Gasteiger partial charge in [0.25, 0.3) is 5.69 Å². The van der Waals surface area contributed by atoms with Crippen molar-refractivity contribution in [2.24, 2.45) is 0 Å². The lowest BCUT2D eigenvalue weighted by Gasteiger charge is -2.11. The van der Waals surface area contributed by atoms with Crippen LogP contribution >= 0.6 is 0 Å². The van der Waals surface area contributed by atoms with E-state index >= 15 is 0 Å². The molecule has 0 amide bonds. The van der Waals surface area contributed by atoms with Gasteiger partial charge in [-0.25, -0.2) is 4.79 Å². The molecular weight excluding hydrogens is 457 g/mol. The zero-order chi connectivity index (χ0) is 24.6. The van der Waals surface area contributed by atoms with Gasteiger partial charge < -0.3 is 19.1 Å². The van der Waals surface area contributed by atoms with Crippen molar-refractivity contribution in [3.05, 3.63) is 88.1 Å². The smallest absolute Gasteiger partial charge is 0.477 e. The molecule has 0 unspecified atom stereocenters. The van der Waals surface area contributed by atoms with Crippen molar-refractivity contribution in [2.75, 3.05) is 0 Å². The van der Waals surface area contributed by atoms with E-state index in [2.05, 4.69) is 4.74 Å². The summed E-state index contributed by atoms with van der Waals surface area (Å²) >= 11 is 0. The maximum absolute atomic E-state index is 12.5. The van der Waals surface area contributed by atoms with Gasteiger partial charge >= 0.3 is 12.3 Å². The number of aromatic nitrogens is 1. The molecule has 3 aromatic carbocycles. The van der Waals surface area contributed by atoms with Gasteiger partial charge in [0.05, 0.1) is 16.1 Å². The number of aryl methyl sites for hydroxylation is 1. The molecule has 0 bridgehead atoms. The number of carboxylic acid groups (broad SMARTS) is 1. The fourth-order valence-corrected chi connectivity index (χ4v) is 3.50. The average Bonchev–Trinajstić information content (AvgIpc) is 3.12. The molecule has 4 rings (SSSR count). The van der Waals surface area contributed by atoms with Crippen LogP contribution in [-0.4, -0.2) is 26.9 Å². The molecule has 0 aliphatic heterocycles. The van der Waals surface area contributed by atoms with E-state index in [1.807, 2.05) is 0 Å². The fourth-order valence-electron chi connectivity index (χ4n) is 3.50. The third-order valence-corrected chi connectivity index (χ3v) is 4.91. The van der Waals surface area contributed by atoms with E-state index in [1.54, 1.807) is 19.1 Å². The highest BCUT2D eigenvalue weighted by Gasteiger charge is 2.31. The van der Waals surface area contributed by atoms with Gasteiger partial charge in [-0.15, -0.1) is 13.2 Å². The van der Waals surface area contributed by atoms with Gasteiger partial charge in [0.1, 0.15) is 22.9 Å². The van der Waals surface area contributed by atoms with E-state index in [0.717, 1.165) is 12.1 Å². The molecule has 0 saturated carbocycles. The minimum absolute atomic E-state index is 0.0770. The van der Waals surface area contributed by atoms with Crippen molar-refractivity contribution in [1.29, 1.82) is 0 Å². The number of alkyl halides is 3. The SMILES string of the molecule is Cc1ccc(-n2c(C(=O)O)cc3cc(Oc4cccc(OC(F)(F)F)c4)ccc32)cc1[N+](=O)[O-]. The van der Waals surface area contributed by atoms with Crippen LogP contribution < -0.4 is 9.47 Å². The number of nitro benzene ring substituents is 1. The van der Waals surface area contributed by atoms with E-state index < -0.39 is 23.0 Å². The molecule has 0 radical (unpaired) electrons. The molecule has 11 heteroatoms. The maximum Gasteiger partial charge on any atom is 0.573 e. The molecule has 0 aliphatic carbocycles. The van der Waals surface area contributed by atoms with Crippen LogP contribution in [0.25, 0.3) is 16.6 Å². The lowest BCUT2D eigenvalue weighted by atomic mass is 10.1. The summed E-state index contributed by atoms with van der Waals surface area (Å²) in [6.07, 6.45) is -4.85. The van der Waals surface area contributed by atoms with Crippen LogP contribution in [-0.2, 0) is 0 Å². The molecule has 0 fully saturated rings. The predicted octanol–water partition coefficient (Wildman–Crippen LogP) is 6.24. The first kappa shape index (κ1) is 22.6. The Balaban J connectivity index is 1.74. The van der Waals surface area contributed by atoms with E-state index in [9.17, 15) is 33.2 Å². The van der Waals surface area contributed by atoms with Gasteiger partial charge in [0.2, 0.25) is 0 Å². The molecule has 1 heterocycles. The second kappa shape index (κ2) is 8.43. The van der Waals surface area contributed by atoms with Crippen LogP contribution in [0.1, 0.15) is 16.1 Å². The highest BCUT2D eigenvalue weighted by atomic mass is 19.4. The summed E-state index contributed by atoms with van der Waals surface area (Å²) in [7, 11) is 0. The summed E-state index contributed by atoms with van der Waals surface area (Å²) in [5.74, 6) is -1.39. The molecule has 4 aromatic rings. The Morgan fingerprint density at radius 3 is 2.38 bits per heavy atom. The molecule has 0 atom stereocenters. The molecule has 1 N–H and O–H groups in total. The first-order valence-electron chi connectivity index (χ1n) is 9.70. The zero-order valence-electron chi connectivity index (χ0n) is 17.4. The molecule has 0 saturated heterocycles. The molecule has 174 valence electrons. The van der Waals surface area contributed by atoms with E-state index in [-0.39, 0.29) is 28.6 Å². The topological polar surface area (TPSA) is 104 Å². The number of halogens is 3. The van der Waals surface area contributed by atoms with Gasteiger partial charge in [0, 0.05) is 23.1 Å². The van der Waals surface area contributed by atoms with E-state index in [4.69, 9.17) is 4.74 Å². The van der Waals surface area contributed by atoms with Crippen molar-refractivity contribution < 1.29 is 37.5 Å². The Morgan fingerprint density at radius 2 is 1.71 bits per heavy atom. The summed E-state index contributed by atoms with van der Waals surface area (Å²) < 4.78 is 48.3. The summed E-state index contributed by atoms with van der Waals surface area (Å²) in [5.41, 5.74) is 0.865. The highest BCUT2D eigenvalue weighted by Crippen LogP contribution is 2.33. The first-order valence-corrected chi connectivity index (χ1v) is 9.70. The lowest BCUT2D eigenvalue weighted by Crippen LogP contribution is -2.16. The quantitative estimate of drug-likeness (QED) is 0.263. The van der Waals surface area contributed by atoms with Crippen molar-refractivity contribution in [3.8, 4) is 22.9 Å². The van der Waals surface area contributed by atoms with Gasteiger partial charge in [-0.2, -0.15) is 0 Å². The third-order valence-electron chi connectivity index (χ3n) is 4.91.